The fourth-order valence-corrected chi connectivity index (χ4v) is 9.05. The summed E-state index contributed by atoms with van der Waals surface area (Å²) in [6, 6.07) is 57.7. The van der Waals surface area contributed by atoms with Crippen LogP contribution in [0.2, 0.25) is 0 Å². The minimum Gasteiger partial charge on any atom is -0.872 e. The van der Waals surface area contributed by atoms with E-state index in [1.807, 2.05) is 199 Å². The molecule has 0 spiro atoms. The van der Waals surface area contributed by atoms with Gasteiger partial charge in [0.2, 0.25) is 0 Å². The van der Waals surface area contributed by atoms with Gasteiger partial charge in [-0.2, -0.15) is 0 Å². The van der Waals surface area contributed by atoms with Gasteiger partial charge in [0.15, 0.2) is 0 Å². The minimum absolute atomic E-state index is 0. The molecule has 0 fully saturated rings. The molecule has 10 aromatic rings. The first-order valence-corrected chi connectivity index (χ1v) is 22.8. The van der Waals surface area contributed by atoms with Crippen molar-refractivity contribution in [1.82, 2.24) is 0 Å². The Kier molecular flexibility index (Phi) is 13.6. The quantitative estimate of drug-likeness (QED) is 0.122. The molecule has 0 aliphatic rings. The second-order valence-electron chi connectivity index (χ2n) is 19.1. The van der Waals surface area contributed by atoms with Crippen LogP contribution in [0.1, 0.15) is 63.8 Å². The predicted octanol–water partition coefficient (Wildman–Crippen LogP) is 13.7. The van der Waals surface area contributed by atoms with Crippen LogP contribution in [0, 0.1) is 0 Å². The van der Waals surface area contributed by atoms with Gasteiger partial charge < -0.3 is 20.4 Å². The Hall–Kier alpha value is -7.51. The maximum Gasteiger partial charge on any atom is 4.00 e. The fraction of sp³-hybridized carbons (Fsp3) is 0.129. The van der Waals surface area contributed by atoms with Crippen LogP contribution in [0.5, 0.6) is 23.0 Å². The van der Waals surface area contributed by atoms with Crippen molar-refractivity contribution in [3.05, 3.63) is 204 Å². The summed E-state index contributed by atoms with van der Waals surface area (Å²) in [5.74, 6) is -0.136. The first kappa shape index (κ1) is 48.0. The molecule has 0 N–H and O–H groups in total. The van der Waals surface area contributed by atoms with E-state index in [2.05, 4.69) is 0 Å². The molecule has 0 bridgehead atoms. The molecule has 0 aromatic heterocycles. The van der Waals surface area contributed by atoms with Crippen LogP contribution < -0.4 is 20.4 Å². The van der Waals surface area contributed by atoms with E-state index in [1.165, 1.54) is 0 Å². The van der Waals surface area contributed by atoms with E-state index in [4.69, 9.17) is 9.98 Å². The van der Waals surface area contributed by atoms with Crippen LogP contribution in [0.3, 0.4) is 0 Å². The van der Waals surface area contributed by atoms with Gasteiger partial charge in [-0.25, -0.2) is 0 Å². The third-order valence-corrected chi connectivity index (χ3v) is 12.5. The predicted molar refractivity (Wildman–Crippen MR) is 276 cm³/mol. The van der Waals surface area contributed by atoms with E-state index < -0.39 is 0 Å². The van der Waals surface area contributed by atoms with Gasteiger partial charge in [0.25, 0.3) is 0 Å². The SMILES string of the molecule is CC(C)(C)c1cccc(C=Nc2ccc3ccccc3c2-c2c([O-])ccc3ccccc23)c1[O-].CC(C)(C)c1cccc(C=Nc2ccc3ccccc3c2-c2c([O-])ccc3ccccc23)c1[O-].[Ti+4]. The molecule has 6 nitrogen and oxygen atoms in total. The zero-order valence-corrected chi connectivity index (χ0v) is 41.1. The summed E-state index contributed by atoms with van der Waals surface area (Å²) in [7, 11) is 0. The van der Waals surface area contributed by atoms with E-state index in [0.717, 1.165) is 65.3 Å². The zero-order valence-electron chi connectivity index (χ0n) is 39.5. The van der Waals surface area contributed by atoms with Gasteiger partial charge in [0, 0.05) is 23.6 Å². The third-order valence-electron chi connectivity index (χ3n) is 12.5. The number of rotatable bonds is 6. The van der Waals surface area contributed by atoms with Gasteiger partial charge in [-0.05, 0) is 99.4 Å². The van der Waals surface area contributed by atoms with E-state index in [1.54, 1.807) is 36.7 Å². The summed E-state index contributed by atoms with van der Waals surface area (Å²) in [6.07, 6.45) is 3.25. The van der Waals surface area contributed by atoms with Gasteiger partial charge in [0.1, 0.15) is 0 Å². The maximum absolute atomic E-state index is 13.2. The summed E-state index contributed by atoms with van der Waals surface area (Å²) in [6.45, 7) is 12.2. The number of para-hydroxylation sites is 2. The van der Waals surface area contributed by atoms with Crippen LogP contribution in [0.25, 0.3) is 65.3 Å². The molecule has 0 aliphatic heterocycles. The van der Waals surface area contributed by atoms with Crippen molar-refractivity contribution < 1.29 is 42.1 Å². The average molecular weight is 935 g/mol. The second kappa shape index (κ2) is 19.6. The third kappa shape index (κ3) is 9.64. The molecular formula is C62H50N2O4Ti. The first-order valence-electron chi connectivity index (χ1n) is 22.8. The molecule has 7 heteroatoms. The second-order valence-corrected chi connectivity index (χ2v) is 19.1. The van der Waals surface area contributed by atoms with Gasteiger partial charge in [-0.1, -0.05) is 223 Å². The molecule has 0 saturated carbocycles. The molecule has 69 heavy (non-hydrogen) atoms. The summed E-state index contributed by atoms with van der Waals surface area (Å²) in [5, 5.41) is 60.4. The van der Waals surface area contributed by atoms with Crippen molar-refractivity contribution >= 4 is 66.9 Å². The Morgan fingerprint density at radius 1 is 0.333 bits per heavy atom. The van der Waals surface area contributed by atoms with Crippen molar-refractivity contribution in [3.63, 3.8) is 0 Å². The topological polar surface area (TPSA) is 117 Å². The molecule has 0 amide bonds. The molecular weight excluding hydrogens is 885 g/mol. The molecule has 10 rings (SSSR count). The number of fused-ring (bicyclic) bond motifs is 4. The van der Waals surface area contributed by atoms with Crippen LogP contribution in [-0.2, 0) is 32.5 Å². The van der Waals surface area contributed by atoms with Crippen LogP contribution in [0.4, 0.5) is 11.4 Å². The summed E-state index contributed by atoms with van der Waals surface area (Å²) < 4.78 is 0. The molecule has 336 valence electrons. The smallest absolute Gasteiger partial charge is 0.872 e. The van der Waals surface area contributed by atoms with Crippen molar-refractivity contribution in [2.45, 2.75) is 52.4 Å². The Morgan fingerprint density at radius 2 is 0.638 bits per heavy atom. The number of benzene rings is 10. The molecule has 10 aromatic carbocycles. The Morgan fingerprint density at radius 3 is 0.971 bits per heavy atom. The normalized spacial score (nSPS) is 11.9. The van der Waals surface area contributed by atoms with Crippen LogP contribution >= 0.6 is 0 Å². The van der Waals surface area contributed by atoms with Crippen LogP contribution in [-0.4, -0.2) is 12.4 Å². The number of aliphatic imine (C=N–C) groups is 2. The Balaban J connectivity index is 0.000000183. The van der Waals surface area contributed by atoms with Crippen molar-refractivity contribution in [1.29, 1.82) is 0 Å². The number of hydrogen-bond acceptors (Lipinski definition) is 6. The van der Waals surface area contributed by atoms with Crippen LogP contribution in [0.15, 0.2) is 192 Å². The van der Waals surface area contributed by atoms with Crippen molar-refractivity contribution in [2.24, 2.45) is 9.98 Å². The van der Waals surface area contributed by atoms with E-state index in [0.29, 0.717) is 33.6 Å². The summed E-state index contributed by atoms with van der Waals surface area (Å²) >= 11 is 0. The monoisotopic (exact) mass is 934 g/mol. The van der Waals surface area contributed by atoms with Gasteiger partial charge >= 0.3 is 21.7 Å². The van der Waals surface area contributed by atoms with Gasteiger partial charge in [-0.15, -0.1) is 11.5 Å². The van der Waals surface area contributed by atoms with E-state index in [-0.39, 0.29) is 55.5 Å². The van der Waals surface area contributed by atoms with E-state index in [9.17, 15) is 20.4 Å². The molecule has 0 heterocycles. The Bertz CT molecular complexity index is 3360. The van der Waals surface area contributed by atoms with Gasteiger partial charge in [-0.3, -0.25) is 9.98 Å². The molecule has 0 unspecified atom stereocenters. The molecule has 0 atom stereocenters. The standard InChI is InChI=1S/2C31H27NO2.Ti/c2*1-31(2,3)25-14-8-11-22(30(25)34)19-32-26-17-15-20-9-4-6-12-23(20)28(26)29-24-13-7-5-10-21(24)16-18-27(29)33;/h2*4-19,33-34H,1-3H3;/q;;+4/p-4. The first-order chi connectivity index (χ1) is 32.7. The average Bonchev–Trinajstić information content (AvgIpc) is 3.33. The summed E-state index contributed by atoms with van der Waals surface area (Å²) in [4.78, 5) is 9.54. The molecule has 0 aliphatic carbocycles. The van der Waals surface area contributed by atoms with Crippen molar-refractivity contribution in [3.8, 4) is 45.3 Å². The zero-order chi connectivity index (χ0) is 47.7. The van der Waals surface area contributed by atoms with Crippen molar-refractivity contribution in [2.75, 3.05) is 0 Å². The Labute approximate surface area is 418 Å². The maximum atomic E-state index is 13.2. The molecule has 0 radical (unpaired) electrons. The number of nitrogens with zero attached hydrogens (tertiary/aromatic N) is 2. The fourth-order valence-electron chi connectivity index (χ4n) is 9.05. The largest absolute Gasteiger partial charge is 4.00 e. The molecule has 0 saturated heterocycles. The van der Waals surface area contributed by atoms with E-state index >= 15 is 0 Å². The minimum atomic E-state index is -0.255. The number of hydrogen-bond donors (Lipinski definition) is 0. The van der Waals surface area contributed by atoms with Gasteiger partial charge in [0.05, 0.1) is 11.4 Å². The summed E-state index contributed by atoms with van der Waals surface area (Å²) in [5.41, 5.74) is 6.23.